The molecule has 0 bridgehead atoms. The molecule has 138 valence electrons. The van der Waals surface area contributed by atoms with E-state index in [1.807, 2.05) is 30.3 Å². The fourth-order valence-corrected chi connectivity index (χ4v) is 3.97. The van der Waals surface area contributed by atoms with Crippen molar-refractivity contribution in [3.8, 4) is 16.2 Å². The van der Waals surface area contributed by atoms with E-state index in [1.165, 1.54) is 16.2 Å². The van der Waals surface area contributed by atoms with Crippen molar-refractivity contribution >= 4 is 23.2 Å². The lowest BCUT2D eigenvalue weighted by Gasteiger charge is -2.16. The summed E-state index contributed by atoms with van der Waals surface area (Å²) in [6, 6.07) is 9.68. The molecule has 1 aromatic carbocycles. The number of rotatable bonds is 7. The van der Waals surface area contributed by atoms with Crippen LogP contribution >= 0.6 is 11.3 Å². The summed E-state index contributed by atoms with van der Waals surface area (Å²) in [5.41, 5.74) is 2.02. The smallest absolute Gasteiger partial charge is 0.264 e. The quantitative estimate of drug-likeness (QED) is 0.757. The molecule has 7 heteroatoms. The summed E-state index contributed by atoms with van der Waals surface area (Å²) in [4.78, 5) is 27.7. The molecule has 0 atom stereocenters. The van der Waals surface area contributed by atoms with E-state index in [-0.39, 0.29) is 18.4 Å². The van der Waals surface area contributed by atoms with E-state index in [0.717, 1.165) is 28.2 Å². The van der Waals surface area contributed by atoms with E-state index in [9.17, 15) is 9.59 Å². The van der Waals surface area contributed by atoms with Crippen molar-refractivity contribution in [2.45, 2.75) is 13.0 Å². The van der Waals surface area contributed by atoms with Gasteiger partial charge in [0, 0.05) is 43.3 Å². The number of ether oxygens (including phenoxy) is 2. The molecule has 0 saturated carbocycles. The Morgan fingerprint density at radius 2 is 2.15 bits per heavy atom. The molecule has 26 heavy (non-hydrogen) atoms. The number of nitrogens with one attached hydrogen (secondary N) is 1. The van der Waals surface area contributed by atoms with Gasteiger partial charge in [-0.1, -0.05) is 12.1 Å². The van der Waals surface area contributed by atoms with Gasteiger partial charge >= 0.3 is 0 Å². The highest BCUT2D eigenvalue weighted by Gasteiger charge is 2.24. The minimum absolute atomic E-state index is 0.0292. The maximum absolute atomic E-state index is 12.7. The summed E-state index contributed by atoms with van der Waals surface area (Å²) in [6.45, 7) is 1.62. The van der Waals surface area contributed by atoms with Crippen molar-refractivity contribution in [3.63, 3.8) is 0 Å². The largest absolute Gasteiger partial charge is 0.488 e. The molecular formula is C19H22N2O4S. The molecule has 0 radical (unpaired) electrons. The zero-order valence-corrected chi connectivity index (χ0v) is 15.7. The summed E-state index contributed by atoms with van der Waals surface area (Å²) in [5, 5.41) is 2.79. The number of carbonyl (C=O) groups excluding carboxylic acids is 2. The van der Waals surface area contributed by atoms with E-state index < -0.39 is 0 Å². The first kappa shape index (κ1) is 18.4. The second kappa shape index (κ2) is 8.33. The number of carbonyl (C=O) groups is 2. The number of nitrogens with zero attached hydrogens (tertiary/aromatic N) is 1. The van der Waals surface area contributed by atoms with Crippen molar-refractivity contribution in [3.05, 3.63) is 40.8 Å². The van der Waals surface area contributed by atoms with E-state index in [1.54, 1.807) is 14.2 Å². The first-order chi connectivity index (χ1) is 12.6. The minimum Gasteiger partial charge on any atom is -0.488 e. The predicted molar refractivity (Wildman–Crippen MR) is 101 cm³/mol. The Morgan fingerprint density at radius 1 is 1.35 bits per heavy atom. The molecule has 6 nitrogen and oxygen atoms in total. The van der Waals surface area contributed by atoms with Crippen molar-refractivity contribution in [2.75, 3.05) is 33.9 Å². The van der Waals surface area contributed by atoms with Crippen LogP contribution in [0.15, 0.2) is 30.3 Å². The minimum atomic E-state index is -0.174. The molecule has 2 aromatic rings. The van der Waals surface area contributed by atoms with Crippen LogP contribution in [0.25, 0.3) is 10.4 Å². The van der Waals surface area contributed by atoms with Crippen LogP contribution in [-0.4, -0.2) is 50.6 Å². The monoisotopic (exact) mass is 374 g/mol. The molecule has 0 unspecified atom stereocenters. The number of para-hydroxylation sites is 1. The molecular weight excluding hydrogens is 352 g/mol. The summed E-state index contributed by atoms with van der Waals surface area (Å²) in [7, 11) is 3.26. The van der Waals surface area contributed by atoms with Gasteiger partial charge in [0.05, 0.1) is 11.4 Å². The second-order valence-electron chi connectivity index (χ2n) is 6.11. The Morgan fingerprint density at radius 3 is 2.96 bits per heavy atom. The number of benzene rings is 1. The first-order valence-corrected chi connectivity index (χ1v) is 9.28. The number of hydrogen-bond acceptors (Lipinski definition) is 5. The summed E-state index contributed by atoms with van der Waals surface area (Å²) < 4.78 is 10.7. The SMILES string of the molecule is COCCCNC(=O)CN(C)C(=O)c1cc2c(s1)-c1ccccc1OC2. The van der Waals surface area contributed by atoms with Crippen LogP contribution in [0.1, 0.15) is 21.7 Å². The zero-order chi connectivity index (χ0) is 18.5. The average Bonchev–Trinajstić information content (AvgIpc) is 3.09. The Kier molecular flexibility index (Phi) is 5.90. The molecule has 1 N–H and O–H groups in total. The van der Waals surface area contributed by atoms with Gasteiger partial charge in [-0.05, 0) is 24.6 Å². The lowest BCUT2D eigenvalue weighted by Crippen LogP contribution is -2.38. The summed E-state index contributed by atoms with van der Waals surface area (Å²) >= 11 is 1.45. The summed E-state index contributed by atoms with van der Waals surface area (Å²) in [6.07, 6.45) is 0.747. The maximum atomic E-state index is 12.7. The van der Waals surface area contributed by atoms with Gasteiger partial charge in [0.1, 0.15) is 12.4 Å². The molecule has 3 rings (SSSR count). The van der Waals surface area contributed by atoms with Gasteiger partial charge in [-0.25, -0.2) is 0 Å². The molecule has 0 spiro atoms. The molecule has 1 aromatic heterocycles. The number of thiophene rings is 1. The van der Waals surface area contributed by atoms with Crippen molar-refractivity contribution in [1.29, 1.82) is 0 Å². The van der Waals surface area contributed by atoms with Crippen molar-refractivity contribution in [2.24, 2.45) is 0 Å². The van der Waals surface area contributed by atoms with Gasteiger partial charge in [-0.15, -0.1) is 11.3 Å². The van der Waals surface area contributed by atoms with E-state index >= 15 is 0 Å². The number of hydrogen-bond donors (Lipinski definition) is 1. The average molecular weight is 374 g/mol. The Labute approximate surface area is 156 Å². The van der Waals surface area contributed by atoms with Gasteiger partial charge in [-0.3, -0.25) is 9.59 Å². The lowest BCUT2D eigenvalue weighted by atomic mass is 10.1. The highest BCUT2D eigenvalue weighted by atomic mass is 32.1. The van der Waals surface area contributed by atoms with Crippen LogP contribution < -0.4 is 10.1 Å². The topological polar surface area (TPSA) is 67.9 Å². The Balaban J connectivity index is 1.64. The zero-order valence-electron chi connectivity index (χ0n) is 14.9. The molecule has 0 saturated heterocycles. The fourth-order valence-electron chi connectivity index (χ4n) is 2.78. The van der Waals surface area contributed by atoms with Crippen molar-refractivity contribution in [1.82, 2.24) is 10.2 Å². The van der Waals surface area contributed by atoms with Gasteiger partial charge in [0.2, 0.25) is 5.91 Å². The van der Waals surface area contributed by atoms with Crippen molar-refractivity contribution < 1.29 is 19.1 Å². The van der Waals surface area contributed by atoms with Gasteiger partial charge < -0.3 is 19.7 Å². The molecule has 0 fully saturated rings. The highest BCUT2D eigenvalue weighted by Crippen LogP contribution is 2.42. The van der Waals surface area contributed by atoms with E-state index in [2.05, 4.69) is 5.32 Å². The third-order valence-corrected chi connectivity index (χ3v) is 5.31. The maximum Gasteiger partial charge on any atom is 0.264 e. The molecule has 1 aliphatic rings. The summed E-state index contributed by atoms with van der Waals surface area (Å²) in [5.74, 6) is 0.505. The van der Waals surface area contributed by atoms with E-state index in [0.29, 0.717) is 24.6 Å². The van der Waals surface area contributed by atoms with Crippen LogP contribution in [-0.2, 0) is 16.1 Å². The standard InChI is InChI=1S/C19H22N2O4S/c1-21(11-17(22)20-8-5-9-24-2)19(23)16-10-13-12-25-15-7-4-3-6-14(15)18(13)26-16/h3-4,6-7,10H,5,8-9,11-12H2,1-2H3,(H,20,22). The predicted octanol–water partition coefficient (Wildman–Crippen LogP) is 2.53. The fraction of sp³-hybridized carbons (Fsp3) is 0.368. The molecule has 2 heterocycles. The second-order valence-corrected chi connectivity index (χ2v) is 7.16. The Hall–Kier alpha value is -2.38. The molecule has 1 aliphatic heterocycles. The third-order valence-electron chi connectivity index (χ3n) is 4.11. The highest BCUT2D eigenvalue weighted by molar-refractivity contribution is 7.17. The van der Waals surface area contributed by atoms with Gasteiger partial charge in [0.15, 0.2) is 0 Å². The van der Waals surface area contributed by atoms with Crippen LogP contribution in [0, 0.1) is 0 Å². The van der Waals surface area contributed by atoms with Crippen LogP contribution in [0.5, 0.6) is 5.75 Å². The van der Waals surface area contributed by atoms with Crippen LogP contribution in [0.4, 0.5) is 0 Å². The van der Waals surface area contributed by atoms with Gasteiger partial charge in [-0.2, -0.15) is 0 Å². The lowest BCUT2D eigenvalue weighted by molar-refractivity contribution is -0.121. The number of methoxy groups -OCH3 is 1. The number of likely N-dealkylation sites (N-methyl/N-ethyl adjacent to an activating group) is 1. The van der Waals surface area contributed by atoms with Crippen LogP contribution in [0.3, 0.4) is 0 Å². The van der Waals surface area contributed by atoms with Gasteiger partial charge in [0.25, 0.3) is 5.91 Å². The normalized spacial score (nSPS) is 11.9. The third kappa shape index (κ3) is 4.05. The van der Waals surface area contributed by atoms with E-state index in [4.69, 9.17) is 9.47 Å². The first-order valence-electron chi connectivity index (χ1n) is 8.46. The molecule has 0 aliphatic carbocycles. The number of amides is 2. The van der Waals surface area contributed by atoms with Crippen LogP contribution in [0.2, 0.25) is 0 Å². The number of fused-ring (bicyclic) bond motifs is 3. The molecule has 2 amide bonds. The Bertz CT molecular complexity index is 803.